The first-order chi connectivity index (χ1) is 16.9. The van der Waals surface area contributed by atoms with E-state index in [1.807, 2.05) is 35.9 Å². The van der Waals surface area contributed by atoms with Crippen LogP contribution in [0.15, 0.2) is 54.9 Å². The topological polar surface area (TPSA) is 78.2 Å². The number of hydrogen-bond donors (Lipinski definition) is 1. The van der Waals surface area contributed by atoms with Crippen LogP contribution in [0.5, 0.6) is 17.2 Å². The van der Waals surface area contributed by atoms with Gasteiger partial charge in [0.1, 0.15) is 36.2 Å². The van der Waals surface area contributed by atoms with Crippen LogP contribution in [0.3, 0.4) is 0 Å². The number of aryl methyl sites for hydroxylation is 1. The molecule has 4 rings (SSSR count). The maximum Gasteiger partial charge on any atom is 0.161 e. The van der Waals surface area contributed by atoms with Crippen LogP contribution in [0, 0.1) is 12.7 Å². The van der Waals surface area contributed by atoms with E-state index in [9.17, 15) is 9.50 Å². The number of ether oxygens (including phenoxy) is 4. The van der Waals surface area contributed by atoms with Crippen LogP contribution in [0.4, 0.5) is 4.39 Å². The van der Waals surface area contributed by atoms with Crippen molar-refractivity contribution < 1.29 is 28.4 Å². The molecule has 1 N–H and O–H groups in total. The summed E-state index contributed by atoms with van der Waals surface area (Å²) in [4.78, 5) is 6.33. The molecule has 0 aliphatic carbocycles. The van der Waals surface area contributed by atoms with Crippen molar-refractivity contribution in [3.8, 4) is 17.2 Å². The first kappa shape index (κ1) is 25.0. The van der Waals surface area contributed by atoms with Crippen molar-refractivity contribution in [1.82, 2.24) is 14.5 Å². The van der Waals surface area contributed by atoms with E-state index in [1.54, 1.807) is 25.4 Å². The molecule has 0 amide bonds. The molecule has 1 aliphatic heterocycles. The van der Waals surface area contributed by atoms with Crippen molar-refractivity contribution in [2.45, 2.75) is 25.6 Å². The van der Waals surface area contributed by atoms with Crippen LogP contribution in [0.2, 0.25) is 0 Å². The van der Waals surface area contributed by atoms with Crippen molar-refractivity contribution in [1.29, 1.82) is 0 Å². The van der Waals surface area contributed by atoms with Gasteiger partial charge in [0, 0.05) is 38.1 Å². The van der Waals surface area contributed by atoms with Crippen LogP contribution < -0.4 is 14.2 Å². The number of aliphatic hydroxyl groups is 1. The van der Waals surface area contributed by atoms with Gasteiger partial charge in [-0.25, -0.2) is 9.37 Å². The van der Waals surface area contributed by atoms with E-state index in [-0.39, 0.29) is 19.0 Å². The molecule has 1 saturated heterocycles. The van der Waals surface area contributed by atoms with Gasteiger partial charge in [-0.2, -0.15) is 0 Å². The number of hydrogen-bond acceptors (Lipinski definition) is 7. The van der Waals surface area contributed by atoms with Crippen molar-refractivity contribution in [2.24, 2.45) is 0 Å². The quantitative estimate of drug-likeness (QED) is 0.473. The fraction of sp³-hybridized carbons (Fsp3) is 0.423. The second kappa shape index (κ2) is 11.5. The Kier molecular flexibility index (Phi) is 8.22. The van der Waals surface area contributed by atoms with Crippen molar-refractivity contribution in [3.05, 3.63) is 72.1 Å². The van der Waals surface area contributed by atoms with Crippen LogP contribution in [0.1, 0.15) is 11.4 Å². The van der Waals surface area contributed by atoms with Gasteiger partial charge >= 0.3 is 0 Å². The SMILES string of the molecule is COc1cc(CN2CCOCC(O)(COc3cccc(F)c3)C2)ccc1OCCn1ccnc1C. The molecule has 1 unspecified atom stereocenters. The highest BCUT2D eigenvalue weighted by molar-refractivity contribution is 5.43. The van der Waals surface area contributed by atoms with Crippen molar-refractivity contribution >= 4 is 0 Å². The van der Waals surface area contributed by atoms with Crippen LogP contribution in [-0.2, 0) is 17.8 Å². The summed E-state index contributed by atoms with van der Waals surface area (Å²) >= 11 is 0. The van der Waals surface area contributed by atoms with E-state index < -0.39 is 5.60 Å². The predicted octanol–water partition coefficient (Wildman–Crippen LogP) is 3.06. The first-order valence-corrected chi connectivity index (χ1v) is 11.6. The number of aromatic nitrogens is 2. The van der Waals surface area contributed by atoms with Gasteiger partial charge in [0.05, 0.1) is 26.9 Å². The average molecular weight is 486 g/mol. The third-order valence-corrected chi connectivity index (χ3v) is 5.89. The van der Waals surface area contributed by atoms with Crippen molar-refractivity contribution in [2.75, 3.05) is 46.6 Å². The maximum absolute atomic E-state index is 13.4. The Hall–Kier alpha value is -3.14. The summed E-state index contributed by atoms with van der Waals surface area (Å²) in [7, 11) is 1.62. The molecule has 1 aliphatic rings. The molecule has 0 bridgehead atoms. The molecule has 1 fully saturated rings. The van der Waals surface area contributed by atoms with Crippen molar-refractivity contribution in [3.63, 3.8) is 0 Å². The minimum Gasteiger partial charge on any atom is -0.493 e. The molecule has 2 aromatic carbocycles. The smallest absolute Gasteiger partial charge is 0.161 e. The Labute approximate surface area is 204 Å². The minimum atomic E-state index is -1.22. The number of imidazole rings is 1. The van der Waals surface area contributed by atoms with Crippen LogP contribution in [0.25, 0.3) is 0 Å². The monoisotopic (exact) mass is 485 g/mol. The normalized spacial score (nSPS) is 18.7. The molecule has 188 valence electrons. The molecular formula is C26H32FN3O5. The summed E-state index contributed by atoms with van der Waals surface area (Å²) < 4.78 is 38.3. The number of β-amino-alcohol motifs (C(OH)–C–C–N with tert-alkyl or cyclic N) is 1. The molecule has 1 aromatic heterocycles. The van der Waals surface area contributed by atoms with Gasteiger partial charge in [0.25, 0.3) is 0 Å². The number of rotatable bonds is 10. The number of nitrogens with zero attached hydrogens (tertiary/aromatic N) is 3. The second-order valence-electron chi connectivity index (χ2n) is 8.74. The summed E-state index contributed by atoms with van der Waals surface area (Å²) in [5.74, 6) is 2.26. The Morgan fingerprint density at radius 2 is 2.06 bits per heavy atom. The Balaban J connectivity index is 1.35. The lowest BCUT2D eigenvalue weighted by Gasteiger charge is -2.30. The molecule has 1 atom stereocenters. The van der Waals surface area contributed by atoms with Gasteiger partial charge in [0.2, 0.25) is 0 Å². The van der Waals surface area contributed by atoms with Crippen LogP contribution >= 0.6 is 0 Å². The van der Waals surface area contributed by atoms with Gasteiger partial charge in [-0.15, -0.1) is 0 Å². The highest BCUT2D eigenvalue weighted by atomic mass is 19.1. The van der Waals surface area contributed by atoms with Gasteiger partial charge in [-0.3, -0.25) is 4.90 Å². The lowest BCUT2D eigenvalue weighted by Crippen LogP contribution is -2.48. The maximum atomic E-state index is 13.4. The van der Waals surface area contributed by atoms with Gasteiger partial charge in [-0.1, -0.05) is 12.1 Å². The molecule has 9 heteroatoms. The molecule has 0 radical (unpaired) electrons. The standard InChI is InChI=1S/C26H32FN3O5/c1-20-28-8-9-30(20)11-13-34-24-7-6-21(14-25(24)32-2)16-29-10-12-33-18-26(31,17-29)19-35-23-5-3-4-22(27)15-23/h3-9,14-15,31H,10-13,16-19H2,1-2H3. The highest BCUT2D eigenvalue weighted by Gasteiger charge is 2.33. The van der Waals surface area contributed by atoms with Gasteiger partial charge < -0.3 is 28.6 Å². The highest BCUT2D eigenvalue weighted by Crippen LogP contribution is 2.29. The fourth-order valence-electron chi connectivity index (χ4n) is 4.08. The summed E-state index contributed by atoms with van der Waals surface area (Å²) in [6.07, 6.45) is 3.70. The van der Waals surface area contributed by atoms with E-state index in [1.165, 1.54) is 12.1 Å². The zero-order valence-corrected chi connectivity index (χ0v) is 20.2. The molecule has 2 heterocycles. The predicted molar refractivity (Wildman–Crippen MR) is 128 cm³/mol. The largest absolute Gasteiger partial charge is 0.493 e. The van der Waals surface area contributed by atoms with E-state index in [0.29, 0.717) is 56.6 Å². The van der Waals surface area contributed by atoms with Crippen LogP contribution in [-0.4, -0.2) is 71.8 Å². The summed E-state index contributed by atoms with van der Waals surface area (Å²) in [5.41, 5.74) is -0.198. The summed E-state index contributed by atoms with van der Waals surface area (Å²) in [5, 5.41) is 11.1. The summed E-state index contributed by atoms with van der Waals surface area (Å²) in [6, 6.07) is 11.7. The first-order valence-electron chi connectivity index (χ1n) is 11.6. The second-order valence-corrected chi connectivity index (χ2v) is 8.74. The third-order valence-electron chi connectivity index (χ3n) is 5.89. The molecule has 0 spiro atoms. The summed E-state index contributed by atoms with van der Waals surface area (Å²) in [6.45, 7) is 5.39. The third kappa shape index (κ3) is 6.94. The Bertz CT molecular complexity index is 1110. The molecule has 0 saturated carbocycles. The zero-order valence-electron chi connectivity index (χ0n) is 20.2. The van der Waals surface area contributed by atoms with E-state index in [2.05, 4.69) is 9.88 Å². The van der Waals surface area contributed by atoms with E-state index >= 15 is 0 Å². The lowest BCUT2D eigenvalue weighted by atomic mass is 10.1. The molecule has 3 aromatic rings. The number of methoxy groups -OCH3 is 1. The van der Waals surface area contributed by atoms with Gasteiger partial charge in [0.15, 0.2) is 11.5 Å². The zero-order chi connectivity index (χ0) is 24.7. The minimum absolute atomic E-state index is 0.000554. The Morgan fingerprint density at radius 1 is 1.17 bits per heavy atom. The molecular weight excluding hydrogens is 453 g/mol. The molecule has 35 heavy (non-hydrogen) atoms. The Morgan fingerprint density at radius 3 is 2.83 bits per heavy atom. The van der Waals surface area contributed by atoms with E-state index in [0.717, 1.165) is 11.4 Å². The number of benzene rings is 2. The number of halogens is 1. The fourth-order valence-corrected chi connectivity index (χ4v) is 4.08. The van der Waals surface area contributed by atoms with Gasteiger partial charge in [-0.05, 0) is 36.8 Å². The average Bonchev–Trinajstić information content (AvgIpc) is 3.16. The van der Waals surface area contributed by atoms with E-state index in [4.69, 9.17) is 18.9 Å². The lowest BCUT2D eigenvalue weighted by molar-refractivity contribution is -0.0647. The molecule has 8 nitrogen and oxygen atoms in total.